The van der Waals surface area contributed by atoms with Crippen molar-refractivity contribution in [2.24, 2.45) is 0 Å². The fourth-order valence-corrected chi connectivity index (χ4v) is 2.90. The van der Waals surface area contributed by atoms with Crippen molar-refractivity contribution in [3.63, 3.8) is 0 Å². The Hall–Kier alpha value is -3.82. The molecule has 0 spiro atoms. The fourth-order valence-electron chi connectivity index (χ4n) is 2.90. The van der Waals surface area contributed by atoms with E-state index in [1.807, 2.05) is 19.9 Å². The maximum absolute atomic E-state index is 12.5. The van der Waals surface area contributed by atoms with Gasteiger partial charge in [0.05, 0.1) is 27.5 Å². The second kappa shape index (κ2) is 8.05. The first-order valence-corrected chi connectivity index (χ1v) is 8.62. The average Bonchev–Trinajstić information content (AvgIpc) is 3.14. The lowest BCUT2D eigenvalue weighted by Gasteiger charge is -2.14. The summed E-state index contributed by atoms with van der Waals surface area (Å²) < 4.78 is 17.3. The number of ether oxygens (including phenoxy) is 3. The molecule has 0 atom stereocenters. The molecule has 152 valence electrons. The van der Waals surface area contributed by atoms with Gasteiger partial charge in [-0.05, 0) is 32.0 Å². The molecule has 10 heteroatoms. The van der Waals surface area contributed by atoms with Crippen LogP contribution in [0.1, 0.15) is 32.1 Å². The van der Waals surface area contributed by atoms with Gasteiger partial charge in [0.25, 0.3) is 11.8 Å². The summed E-state index contributed by atoms with van der Waals surface area (Å²) >= 11 is 0. The van der Waals surface area contributed by atoms with E-state index in [1.165, 1.54) is 39.7 Å². The molecule has 0 aliphatic carbocycles. The Balaban J connectivity index is 1.80. The van der Waals surface area contributed by atoms with E-state index in [0.29, 0.717) is 22.9 Å². The van der Waals surface area contributed by atoms with Gasteiger partial charge in [-0.25, -0.2) is 9.50 Å². The SMILES string of the molecule is COc1cc(C(=O)NNC(=O)c2cnn3c(C)cc(C)nc23)cc(OC)c1OC. The first-order valence-electron chi connectivity index (χ1n) is 8.62. The van der Waals surface area contributed by atoms with Crippen LogP contribution in [0.25, 0.3) is 5.65 Å². The van der Waals surface area contributed by atoms with Crippen molar-refractivity contribution in [1.29, 1.82) is 0 Å². The van der Waals surface area contributed by atoms with E-state index in [2.05, 4.69) is 20.9 Å². The van der Waals surface area contributed by atoms with Crippen molar-refractivity contribution in [2.45, 2.75) is 13.8 Å². The highest BCUT2D eigenvalue weighted by molar-refractivity contribution is 6.02. The third-order valence-electron chi connectivity index (χ3n) is 4.24. The van der Waals surface area contributed by atoms with Crippen LogP contribution >= 0.6 is 0 Å². The molecule has 0 aliphatic heterocycles. The van der Waals surface area contributed by atoms with Crippen molar-refractivity contribution in [2.75, 3.05) is 21.3 Å². The van der Waals surface area contributed by atoms with Crippen molar-refractivity contribution < 1.29 is 23.8 Å². The van der Waals surface area contributed by atoms with Crippen molar-refractivity contribution in [3.8, 4) is 17.2 Å². The Bertz CT molecular complexity index is 1070. The summed E-state index contributed by atoms with van der Waals surface area (Å²) in [5, 5.41) is 4.16. The number of nitrogens with one attached hydrogen (secondary N) is 2. The fraction of sp³-hybridized carbons (Fsp3) is 0.263. The second-order valence-electron chi connectivity index (χ2n) is 6.15. The van der Waals surface area contributed by atoms with E-state index in [-0.39, 0.29) is 11.1 Å². The molecule has 1 aromatic carbocycles. The number of carbonyl (C=O) groups is 2. The minimum absolute atomic E-state index is 0.212. The third-order valence-corrected chi connectivity index (χ3v) is 4.24. The number of rotatable bonds is 5. The molecule has 3 rings (SSSR count). The summed E-state index contributed by atoms with van der Waals surface area (Å²) in [5.41, 5.74) is 7.19. The number of hydrazine groups is 1. The predicted octanol–water partition coefficient (Wildman–Crippen LogP) is 1.45. The van der Waals surface area contributed by atoms with Crippen LogP contribution < -0.4 is 25.1 Å². The number of hydrogen-bond acceptors (Lipinski definition) is 7. The molecule has 0 fully saturated rings. The molecular weight excluding hydrogens is 378 g/mol. The molecule has 29 heavy (non-hydrogen) atoms. The average molecular weight is 399 g/mol. The van der Waals surface area contributed by atoms with Crippen LogP contribution in [0, 0.1) is 13.8 Å². The zero-order valence-corrected chi connectivity index (χ0v) is 16.7. The largest absolute Gasteiger partial charge is 0.493 e. The maximum atomic E-state index is 12.5. The Morgan fingerprint density at radius 3 is 2.14 bits per heavy atom. The number of methoxy groups -OCH3 is 3. The smallest absolute Gasteiger partial charge is 0.275 e. The molecule has 0 bridgehead atoms. The van der Waals surface area contributed by atoms with Gasteiger partial charge in [-0.1, -0.05) is 0 Å². The second-order valence-corrected chi connectivity index (χ2v) is 6.15. The van der Waals surface area contributed by atoms with E-state index in [9.17, 15) is 9.59 Å². The molecule has 0 aliphatic rings. The maximum Gasteiger partial charge on any atom is 0.275 e. The molecule has 2 aromatic heterocycles. The summed E-state index contributed by atoms with van der Waals surface area (Å²) in [5.74, 6) is -0.103. The van der Waals surface area contributed by atoms with E-state index in [1.54, 1.807) is 4.52 Å². The van der Waals surface area contributed by atoms with Crippen LogP contribution in [0.15, 0.2) is 24.4 Å². The highest BCUT2D eigenvalue weighted by Crippen LogP contribution is 2.38. The summed E-state index contributed by atoms with van der Waals surface area (Å²) in [6.45, 7) is 3.69. The molecule has 0 saturated heterocycles. The molecule has 0 unspecified atom stereocenters. The number of hydrogen-bond donors (Lipinski definition) is 2. The molecule has 2 N–H and O–H groups in total. The van der Waals surface area contributed by atoms with Gasteiger partial charge in [0.2, 0.25) is 5.75 Å². The molecule has 3 aromatic rings. The lowest BCUT2D eigenvalue weighted by Crippen LogP contribution is -2.41. The van der Waals surface area contributed by atoms with Gasteiger partial charge in [0, 0.05) is 17.0 Å². The molecular formula is C19H21N5O5. The Morgan fingerprint density at radius 1 is 0.931 bits per heavy atom. The molecule has 0 radical (unpaired) electrons. The summed E-state index contributed by atoms with van der Waals surface area (Å²) in [6, 6.07) is 4.81. The zero-order chi connectivity index (χ0) is 21.1. The number of carbonyl (C=O) groups excluding carboxylic acids is 2. The van der Waals surface area contributed by atoms with Crippen LogP contribution in [-0.4, -0.2) is 47.7 Å². The van der Waals surface area contributed by atoms with Crippen molar-refractivity contribution in [3.05, 3.63) is 46.9 Å². The highest BCUT2D eigenvalue weighted by Gasteiger charge is 2.19. The van der Waals surface area contributed by atoms with Crippen LogP contribution in [0.4, 0.5) is 0 Å². The molecule has 2 heterocycles. The van der Waals surface area contributed by atoms with Gasteiger partial charge in [0.1, 0.15) is 5.56 Å². The van der Waals surface area contributed by atoms with Gasteiger partial charge in [-0.2, -0.15) is 5.10 Å². The van der Waals surface area contributed by atoms with Crippen molar-refractivity contribution in [1.82, 2.24) is 25.4 Å². The first kappa shape index (κ1) is 19.9. The van der Waals surface area contributed by atoms with E-state index in [0.717, 1.165) is 11.4 Å². The number of aromatic nitrogens is 3. The minimum Gasteiger partial charge on any atom is -0.493 e. The minimum atomic E-state index is -0.561. The molecule has 2 amide bonds. The Kier molecular flexibility index (Phi) is 5.53. The standard InChI is InChI=1S/C19H21N5O5/c1-10-6-11(2)24-17(21-10)13(9-20-24)19(26)23-22-18(25)12-7-14(27-3)16(29-5)15(8-12)28-4/h6-9H,1-5H3,(H,22,25)(H,23,26). The van der Waals surface area contributed by atoms with E-state index in [4.69, 9.17) is 14.2 Å². The third kappa shape index (κ3) is 3.77. The highest BCUT2D eigenvalue weighted by atomic mass is 16.5. The summed E-state index contributed by atoms with van der Waals surface area (Å²) in [4.78, 5) is 29.4. The van der Waals surface area contributed by atoms with Crippen LogP contribution in [0.3, 0.4) is 0 Å². The first-order chi connectivity index (χ1) is 13.9. The quantitative estimate of drug-likeness (QED) is 0.624. The lowest BCUT2D eigenvalue weighted by atomic mass is 10.1. The van der Waals surface area contributed by atoms with Gasteiger partial charge in [-0.3, -0.25) is 20.4 Å². The van der Waals surface area contributed by atoms with Crippen LogP contribution in [0.2, 0.25) is 0 Å². The monoisotopic (exact) mass is 399 g/mol. The Morgan fingerprint density at radius 2 is 1.55 bits per heavy atom. The Labute approximate surface area is 166 Å². The predicted molar refractivity (Wildman–Crippen MR) is 103 cm³/mol. The van der Waals surface area contributed by atoms with E-state index >= 15 is 0 Å². The molecule has 10 nitrogen and oxygen atoms in total. The number of aryl methyl sites for hydroxylation is 2. The molecule has 0 saturated carbocycles. The number of benzene rings is 1. The van der Waals surface area contributed by atoms with E-state index < -0.39 is 11.8 Å². The van der Waals surface area contributed by atoms with Gasteiger partial charge in [-0.15, -0.1) is 0 Å². The number of fused-ring (bicyclic) bond motifs is 1. The number of nitrogens with zero attached hydrogens (tertiary/aromatic N) is 3. The zero-order valence-electron chi connectivity index (χ0n) is 16.7. The van der Waals surface area contributed by atoms with Crippen LogP contribution in [-0.2, 0) is 0 Å². The van der Waals surface area contributed by atoms with Gasteiger partial charge < -0.3 is 14.2 Å². The topological polar surface area (TPSA) is 116 Å². The van der Waals surface area contributed by atoms with Gasteiger partial charge >= 0.3 is 0 Å². The normalized spacial score (nSPS) is 10.5. The number of amides is 2. The van der Waals surface area contributed by atoms with Gasteiger partial charge in [0.15, 0.2) is 17.1 Å². The summed E-state index contributed by atoms with van der Waals surface area (Å²) in [7, 11) is 4.36. The lowest BCUT2D eigenvalue weighted by molar-refractivity contribution is 0.0847. The van der Waals surface area contributed by atoms with Crippen LogP contribution in [0.5, 0.6) is 17.2 Å². The summed E-state index contributed by atoms with van der Waals surface area (Å²) in [6.07, 6.45) is 1.40. The van der Waals surface area contributed by atoms with Crippen molar-refractivity contribution >= 4 is 17.5 Å².